The van der Waals surface area contributed by atoms with Gasteiger partial charge in [0.15, 0.2) is 0 Å². The van der Waals surface area contributed by atoms with Crippen LogP contribution >= 0.6 is 11.8 Å². The maximum atomic E-state index is 13.8. The van der Waals surface area contributed by atoms with Crippen molar-refractivity contribution >= 4 is 29.3 Å². The van der Waals surface area contributed by atoms with E-state index in [2.05, 4.69) is 40.7 Å². The van der Waals surface area contributed by atoms with Gasteiger partial charge in [-0.1, -0.05) is 71.9 Å². The lowest BCUT2D eigenvalue weighted by atomic mass is 9.95. The van der Waals surface area contributed by atoms with Crippen LogP contribution in [0.1, 0.15) is 35.2 Å². The monoisotopic (exact) mass is 499 g/mol. The SMILES string of the molecule is CC1=C(C(=O)Nc2ccccc2C)C(c2ccc(F)cc2)n2nc(SCc3cccc(C)c3)nc2N1. The molecule has 0 spiro atoms. The topological polar surface area (TPSA) is 71.8 Å². The largest absolute Gasteiger partial charge is 0.328 e. The van der Waals surface area contributed by atoms with Crippen molar-refractivity contribution in [2.75, 3.05) is 10.6 Å². The van der Waals surface area contributed by atoms with Gasteiger partial charge in [-0.3, -0.25) is 4.79 Å². The number of anilines is 2. The molecule has 1 unspecified atom stereocenters. The second-order valence-corrected chi connectivity index (χ2v) is 9.77. The molecular formula is C28H26FN5OS. The quantitative estimate of drug-likeness (QED) is 0.307. The van der Waals surface area contributed by atoms with E-state index in [1.54, 1.807) is 16.8 Å². The number of benzene rings is 3. The number of para-hydroxylation sites is 1. The van der Waals surface area contributed by atoms with Gasteiger partial charge >= 0.3 is 0 Å². The van der Waals surface area contributed by atoms with E-state index in [-0.39, 0.29) is 11.7 Å². The molecule has 182 valence electrons. The van der Waals surface area contributed by atoms with Crippen molar-refractivity contribution < 1.29 is 9.18 Å². The van der Waals surface area contributed by atoms with Crippen LogP contribution in [0.4, 0.5) is 16.0 Å². The first kappa shape index (κ1) is 23.8. The number of amides is 1. The number of hydrogen-bond donors (Lipinski definition) is 2. The number of fused-ring (bicyclic) bond motifs is 1. The first-order valence-electron chi connectivity index (χ1n) is 11.6. The average molecular weight is 500 g/mol. The highest BCUT2D eigenvalue weighted by Crippen LogP contribution is 2.37. The molecule has 3 aromatic carbocycles. The van der Waals surface area contributed by atoms with Crippen molar-refractivity contribution in [1.82, 2.24) is 14.8 Å². The number of halogens is 1. The molecule has 0 saturated carbocycles. The van der Waals surface area contributed by atoms with E-state index in [1.165, 1.54) is 35.0 Å². The van der Waals surface area contributed by atoms with Crippen LogP contribution in [0.5, 0.6) is 0 Å². The first-order valence-corrected chi connectivity index (χ1v) is 12.6. The number of carbonyl (C=O) groups excluding carboxylic acids is 1. The summed E-state index contributed by atoms with van der Waals surface area (Å²) in [5, 5.41) is 11.6. The Balaban J connectivity index is 1.49. The number of aryl methyl sites for hydroxylation is 2. The molecule has 0 bridgehead atoms. The van der Waals surface area contributed by atoms with Gasteiger partial charge in [0.05, 0.1) is 5.57 Å². The average Bonchev–Trinajstić information content (AvgIpc) is 3.26. The molecule has 1 atom stereocenters. The van der Waals surface area contributed by atoms with Gasteiger partial charge in [0.1, 0.15) is 11.9 Å². The maximum absolute atomic E-state index is 13.8. The Morgan fingerprint density at radius 3 is 2.58 bits per heavy atom. The van der Waals surface area contributed by atoms with Crippen molar-refractivity contribution in [3.8, 4) is 0 Å². The van der Waals surface area contributed by atoms with E-state index < -0.39 is 6.04 Å². The summed E-state index contributed by atoms with van der Waals surface area (Å²) in [5.74, 6) is 0.673. The minimum absolute atomic E-state index is 0.251. The van der Waals surface area contributed by atoms with Crippen molar-refractivity contribution in [2.45, 2.75) is 37.7 Å². The first-order chi connectivity index (χ1) is 17.4. The summed E-state index contributed by atoms with van der Waals surface area (Å²) < 4.78 is 15.5. The number of hydrogen-bond acceptors (Lipinski definition) is 5. The third-order valence-corrected chi connectivity index (χ3v) is 7.02. The molecule has 5 rings (SSSR count). The summed E-state index contributed by atoms with van der Waals surface area (Å²) >= 11 is 1.53. The predicted molar refractivity (Wildman–Crippen MR) is 141 cm³/mol. The lowest BCUT2D eigenvalue weighted by molar-refractivity contribution is -0.113. The third-order valence-electron chi connectivity index (χ3n) is 6.11. The maximum Gasteiger partial charge on any atom is 0.255 e. The summed E-state index contributed by atoms with van der Waals surface area (Å²) in [6.07, 6.45) is 0. The van der Waals surface area contributed by atoms with E-state index in [4.69, 9.17) is 5.10 Å². The molecule has 6 nitrogen and oxygen atoms in total. The van der Waals surface area contributed by atoms with Gasteiger partial charge in [0.2, 0.25) is 11.1 Å². The van der Waals surface area contributed by atoms with Gasteiger partial charge in [-0.2, -0.15) is 4.98 Å². The highest BCUT2D eigenvalue weighted by Gasteiger charge is 2.34. The lowest BCUT2D eigenvalue weighted by Crippen LogP contribution is -2.31. The Bertz CT molecular complexity index is 1460. The molecule has 2 N–H and O–H groups in total. The van der Waals surface area contributed by atoms with Crippen molar-refractivity contribution in [3.63, 3.8) is 0 Å². The van der Waals surface area contributed by atoms with Gasteiger partial charge in [-0.15, -0.1) is 5.10 Å². The number of carbonyl (C=O) groups is 1. The van der Waals surface area contributed by atoms with E-state index in [0.29, 0.717) is 22.4 Å². The summed E-state index contributed by atoms with van der Waals surface area (Å²) in [7, 11) is 0. The van der Waals surface area contributed by atoms with E-state index in [9.17, 15) is 9.18 Å². The fourth-order valence-electron chi connectivity index (χ4n) is 4.29. The van der Waals surface area contributed by atoms with Crippen molar-refractivity contribution in [3.05, 3.63) is 112 Å². The molecule has 1 aliphatic heterocycles. The molecule has 2 heterocycles. The van der Waals surface area contributed by atoms with Crippen LogP contribution in [0.15, 0.2) is 89.2 Å². The van der Waals surface area contributed by atoms with E-state index in [1.807, 2.05) is 44.2 Å². The number of nitrogens with zero attached hydrogens (tertiary/aromatic N) is 3. The molecule has 0 aliphatic carbocycles. The van der Waals surface area contributed by atoms with Crippen LogP contribution in [-0.2, 0) is 10.5 Å². The molecule has 1 amide bonds. The molecule has 4 aromatic rings. The fourth-order valence-corrected chi connectivity index (χ4v) is 5.06. The molecule has 1 aliphatic rings. The zero-order valence-electron chi connectivity index (χ0n) is 20.2. The van der Waals surface area contributed by atoms with Crippen LogP contribution in [0.25, 0.3) is 0 Å². The van der Waals surface area contributed by atoms with Gasteiger partial charge < -0.3 is 10.6 Å². The van der Waals surface area contributed by atoms with E-state index in [0.717, 1.165) is 22.6 Å². The summed E-state index contributed by atoms with van der Waals surface area (Å²) in [6.45, 7) is 5.86. The number of rotatable bonds is 6. The van der Waals surface area contributed by atoms with Crippen LogP contribution in [0, 0.1) is 19.7 Å². The minimum atomic E-state index is -0.563. The molecule has 8 heteroatoms. The second kappa shape index (κ2) is 9.99. The van der Waals surface area contributed by atoms with E-state index >= 15 is 0 Å². The summed E-state index contributed by atoms with van der Waals surface area (Å²) in [6, 6.07) is 21.5. The Morgan fingerprint density at radius 1 is 1.06 bits per heavy atom. The third kappa shape index (κ3) is 4.90. The molecule has 0 radical (unpaired) electrons. The molecular weight excluding hydrogens is 473 g/mol. The Labute approximate surface area is 213 Å². The fraction of sp³-hybridized carbons (Fsp3) is 0.179. The smallest absolute Gasteiger partial charge is 0.255 e. The highest BCUT2D eigenvalue weighted by molar-refractivity contribution is 7.98. The van der Waals surface area contributed by atoms with Crippen LogP contribution in [-0.4, -0.2) is 20.7 Å². The Morgan fingerprint density at radius 2 is 1.83 bits per heavy atom. The lowest BCUT2D eigenvalue weighted by Gasteiger charge is -2.28. The summed E-state index contributed by atoms with van der Waals surface area (Å²) in [4.78, 5) is 18.3. The van der Waals surface area contributed by atoms with Crippen molar-refractivity contribution in [2.24, 2.45) is 0 Å². The zero-order chi connectivity index (χ0) is 25.2. The standard InChI is InChI=1S/C28H26FN5OS/c1-17-7-6-9-20(15-17)16-36-28-32-27-30-19(3)24(26(35)31-23-10-5-4-8-18(23)2)25(34(27)33-28)21-11-13-22(29)14-12-21/h4-15,25H,16H2,1-3H3,(H,31,35)(H,30,32,33). The highest BCUT2D eigenvalue weighted by atomic mass is 32.2. The molecule has 1 aromatic heterocycles. The van der Waals surface area contributed by atoms with Gasteiger partial charge in [0, 0.05) is 17.1 Å². The van der Waals surface area contributed by atoms with Gasteiger partial charge in [-0.25, -0.2) is 9.07 Å². The number of aromatic nitrogens is 3. The van der Waals surface area contributed by atoms with Gasteiger partial charge in [0.25, 0.3) is 5.91 Å². The number of allylic oxidation sites excluding steroid dienone is 1. The minimum Gasteiger partial charge on any atom is -0.328 e. The normalized spacial score (nSPS) is 14.8. The Kier molecular flexibility index (Phi) is 6.61. The molecule has 0 saturated heterocycles. The Hall–Kier alpha value is -3.91. The second-order valence-electron chi connectivity index (χ2n) is 8.83. The van der Waals surface area contributed by atoms with Crippen molar-refractivity contribution in [1.29, 1.82) is 0 Å². The molecule has 0 fully saturated rings. The van der Waals surface area contributed by atoms with Crippen LogP contribution in [0.3, 0.4) is 0 Å². The predicted octanol–water partition coefficient (Wildman–Crippen LogP) is 6.25. The zero-order valence-corrected chi connectivity index (χ0v) is 21.1. The molecule has 36 heavy (non-hydrogen) atoms. The van der Waals surface area contributed by atoms with Crippen LogP contribution in [0.2, 0.25) is 0 Å². The van der Waals surface area contributed by atoms with Crippen LogP contribution < -0.4 is 10.6 Å². The number of nitrogens with one attached hydrogen (secondary N) is 2. The number of thioether (sulfide) groups is 1. The summed E-state index contributed by atoms with van der Waals surface area (Å²) in [5.41, 5.74) is 5.99. The van der Waals surface area contributed by atoms with Gasteiger partial charge in [-0.05, 0) is 55.7 Å².